The second-order valence-corrected chi connectivity index (χ2v) is 6.61. The number of piperidine rings is 1. The second-order valence-electron chi connectivity index (χ2n) is 5.69. The molecule has 0 amide bonds. The summed E-state index contributed by atoms with van der Waals surface area (Å²) in [5.74, 6) is 1.23. The molecule has 0 atom stereocenters. The first-order valence-electron chi connectivity index (χ1n) is 7.12. The molecule has 1 saturated heterocycles. The topological polar surface area (TPSA) is 71.1 Å². The Bertz CT molecular complexity index is 482. The van der Waals surface area contributed by atoms with Crippen molar-refractivity contribution < 1.29 is 9.94 Å². The largest absolute Gasteiger partial charge is 0.492 e. The highest BCUT2D eigenvalue weighted by Gasteiger charge is 2.33. The van der Waals surface area contributed by atoms with E-state index in [4.69, 9.17) is 15.7 Å². The van der Waals surface area contributed by atoms with Crippen molar-refractivity contribution in [3.63, 3.8) is 0 Å². The molecular weight excluding hydrogens is 334 g/mol. The van der Waals surface area contributed by atoms with Crippen molar-refractivity contribution in [2.45, 2.75) is 19.8 Å². The minimum atomic E-state index is -0.183. The molecule has 1 aromatic carbocycles. The van der Waals surface area contributed by atoms with Gasteiger partial charge in [-0.2, -0.15) is 0 Å². The molecule has 2 rings (SSSR count). The normalized spacial score (nSPS) is 19.4. The van der Waals surface area contributed by atoms with Crippen LogP contribution in [-0.4, -0.2) is 42.2 Å². The lowest BCUT2D eigenvalue weighted by atomic mass is 9.79. The van der Waals surface area contributed by atoms with Crippen molar-refractivity contribution in [2.24, 2.45) is 16.3 Å². The lowest BCUT2D eigenvalue weighted by Crippen LogP contribution is -2.46. The average Bonchev–Trinajstić information content (AvgIpc) is 2.50. The number of likely N-dealkylation sites (tertiary alicyclic amines) is 1. The van der Waals surface area contributed by atoms with Crippen molar-refractivity contribution >= 4 is 21.8 Å². The Balaban J connectivity index is 1.73. The number of nitrogens with two attached hydrogens (primary N) is 1. The monoisotopic (exact) mass is 355 g/mol. The molecule has 1 fully saturated rings. The molecule has 0 bridgehead atoms. The molecule has 1 heterocycles. The summed E-state index contributed by atoms with van der Waals surface area (Å²) in [5.41, 5.74) is 5.59. The zero-order valence-electron chi connectivity index (χ0n) is 12.3. The van der Waals surface area contributed by atoms with Crippen LogP contribution >= 0.6 is 15.9 Å². The summed E-state index contributed by atoms with van der Waals surface area (Å²) in [6, 6.07) is 7.85. The predicted molar refractivity (Wildman–Crippen MR) is 86.8 cm³/mol. The van der Waals surface area contributed by atoms with Gasteiger partial charge in [0.25, 0.3) is 0 Å². The lowest BCUT2D eigenvalue weighted by molar-refractivity contribution is 0.137. The maximum atomic E-state index is 8.83. The van der Waals surface area contributed by atoms with Crippen LogP contribution in [0.2, 0.25) is 0 Å². The molecule has 0 spiro atoms. The van der Waals surface area contributed by atoms with Gasteiger partial charge in [0.2, 0.25) is 0 Å². The molecule has 0 radical (unpaired) electrons. The van der Waals surface area contributed by atoms with Crippen molar-refractivity contribution in [3.8, 4) is 5.75 Å². The molecule has 116 valence electrons. The summed E-state index contributed by atoms with van der Waals surface area (Å²) < 4.78 is 6.78. The van der Waals surface area contributed by atoms with Crippen LogP contribution in [0, 0.1) is 5.41 Å². The van der Waals surface area contributed by atoms with E-state index in [-0.39, 0.29) is 5.41 Å². The van der Waals surface area contributed by atoms with E-state index >= 15 is 0 Å². The maximum absolute atomic E-state index is 8.83. The number of ether oxygens (including phenoxy) is 1. The van der Waals surface area contributed by atoms with Gasteiger partial charge in [-0.05, 0) is 50.2 Å². The fourth-order valence-electron chi connectivity index (χ4n) is 2.47. The fourth-order valence-corrected chi connectivity index (χ4v) is 2.73. The second kappa shape index (κ2) is 7.13. The minimum Gasteiger partial charge on any atom is -0.492 e. The predicted octanol–water partition coefficient (Wildman–Crippen LogP) is 2.68. The number of hydrogen-bond donors (Lipinski definition) is 2. The first-order valence-corrected chi connectivity index (χ1v) is 7.91. The van der Waals surface area contributed by atoms with E-state index < -0.39 is 0 Å². The fraction of sp³-hybridized carbons (Fsp3) is 0.533. The molecule has 3 N–H and O–H groups in total. The summed E-state index contributed by atoms with van der Waals surface area (Å²) in [7, 11) is 0. The van der Waals surface area contributed by atoms with Gasteiger partial charge in [0.05, 0.1) is 0 Å². The maximum Gasteiger partial charge on any atom is 0.145 e. The molecule has 21 heavy (non-hydrogen) atoms. The van der Waals surface area contributed by atoms with Gasteiger partial charge in [0, 0.05) is 16.4 Å². The number of hydrogen-bond acceptors (Lipinski definition) is 4. The number of nitrogens with zero attached hydrogens (tertiary/aromatic N) is 2. The third-order valence-electron chi connectivity index (χ3n) is 4.18. The Morgan fingerprint density at radius 1 is 1.38 bits per heavy atom. The van der Waals surface area contributed by atoms with Crippen LogP contribution in [0.5, 0.6) is 5.75 Å². The van der Waals surface area contributed by atoms with E-state index in [1.54, 1.807) is 0 Å². The lowest BCUT2D eigenvalue weighted by Gasteiger charge is -2.38. The highest BCUT2D eigenvalue weighted by atomic mass is 79.9. The van der Waals surface area contributed by atoms with Crippen LogP contribution in [0.3, 0.4) is 0 Å². The number of rotatable bonds is 5. The van der Waals surface area contributed by atoms with Crippen LogP contribution in [0.15, 0.2) is 33.9 Å². The number of halogens is 1. The van der Waals surface area contributed by atoms with Crippen LogP contribution in [0.1, 0.15) is 19.8 Å². The molecule has 0 saturated carbocycles. The molecular formula is C15H22BrN3O2. The highest BCUT2D eigenvalue weighted by Crippen LogP contribution is 2.30. The molecule has 5 nitrogen and oxygen atoms in total. The van der Waals surface area contributed by atoms with Gasteiger partial charge in [-0.15, -0.1) is 0 Å². The number of benzene rings is 1. The van der Waals surface area contributed by atoms with Gasteiger partial charge in [-0.3, -0.25) is 4.90 Å². The van der Waals surface area contributed by atoms with Crippen molar-refractivity contribution in [1.29, 1.82) is 0 Å². The SMILES string of the molecule is CC1(/C(N)=N/O)CCN(CCOc2ccc(Br)cc2)CC1. The first-order chi connectivity index (χ1) is 10.0. The Hall–Kier alpha value is -1.27. The van der Waals surface area contributed by atoms with Crippen molar-refractivity contribution in [1.82, 2.24) is 4.90 Å². The molecule has 0 unspecified atom stereocenters. The van der Waals surface area contributed by atoms with E-state index in [1.807, 2.05) is 24.3 Å². The van der Waals surface area contributed by atoms with E-state index in [0.29, 0.717) is 12.4 Å². The average molecular weight is 356 g/mol. The van der Waals surface area contributed by atoms with Crippen molar-refractivity contribution in [3.05, 3.63) is 28.7 Å². The summed E-state index contributed by atoms with van der Waals surface area (Å²) >= 11 is 3.40. The van der Waals surface area contributed by atoms with Crippen LogP contribution in [0.25, 0.3) is 0 Å². The zero-order chi connectivity index (χ0) is 15.3. The van der Waals surface area contributed by atoms with Crippen LogP contribution in [-0.2, 0) is 0 Å². The molecule has 0 aromatic heterocycles. The summed E-state index contributed by atoms with van der Waals surface area (Å²) in [6.07, 6.45) is 1.81. The molecule has 1 aliphatic heterocycles. The zero-order valence-corrected chi connectivity index (χ0v) is 13.8. The Kier molecular flexibility index (Phi) is 5.47. The van der Waals surface area contributed by atoms with Crippen molar-refractivity contribution in [2.75, 3.05) is 26.2 Å². The Morgan fingerprint density at radius 2 is 2.00 bits per heavy atom. The van der Waals surface area contributed by atoms with Gasteiger partial charge in [0.15, 0.2) is 0 Å². The van der Waals surface area contributed by atoms with E-state index in [9.17, 15) is 0 Å². The quantitative estimate of drug-likeness (QED) is 0.368. The number of oxime groups is 1. The molecule has 0 aliphatic carbocycles. The van der Waals surface area contributed by atoms with Gasteiger partial charge in [0.1, 0.15) is 18.2 Å². The minimum absolute atomic E-state index is 0.183. The third kappa shape index (κ3) is 4.35. The Morgan fingerprint density at radius 3 is 2.57 bits per heavy atom. The van der Waals surface area contributed by atoms with Gasteiger partial charge in [-0.1, -0.05) is 28.0 Å². The summed E-state index contributed by atoms with van der Waals surface area (Å²) in [4.78, 5) is 2.35. The first kappa shape index (κ1) is 16.1. The standard InChI is InChI=1S/C15H22BrN3O2/c1-15(14(17)18-20)6-8-19(9-7-15)10-11-21-13-4-2-12(16)3-5-13/h2-5,20H,6-11H2,1H3,(H2,17,18). The van der Waals surface area contributed by atoms with E-state index in [1.165, 1.54) is 0 Å². The molecule has 1 aromatic rings. The van der Waals surface area contributed by atoms with Crippen LogP contribution < -0.4 is 10.5 Å². The Labute approximate surface area is 133 Å². The van der Waals surface area contributed by atoms with Gasteiger partial charge >= 0.3 is 0 Å². The van der Waals surface area contributed by atoms with E-state index in [2.05, 4.69) is 32.9 Å². The molecule has 1 aliphatic rings. The van der Waals surface area contributed by atoms with Gasteiger partial charge in [-0.25, -0.2) is 0 Å². The molecule has 6 heteroatoms. The smallest absolute Gasteiger partial charge is 0.145 e. The van der Waals surface area contributed by atoms with E-state index in [0.717, 1.165) is 42.7 Å². The number of amidine groups is 1. The van der Waals surface area contributed by atoms with Gasteiger partial charge < -0.3 is 15.7 Å². The third-order valence-corrected chi connectivity index (χ3v) is 4.70. The summed E-state index contributed by atoms with van der Waals surface area (Å²) in [5, 5.41) is 12.0. The summed E-state index contributed by atoms with van der Waals surface area (Å²) in [6.45, 7) is 5.49. The van der Waals surface area contributed by atoms with Crippen LogP contribution in [0.4, 0.5) is 0 Å². The highest BCUT2D eigenvalue weighted by molar-refractivity contribution is 9.10.